The highest BCUT2D eigenvalue weighted by atomic mass is 35.5. The van der Waals surface area contributed by atoms with E-state index in [1.807, 2.05) is 12.1 Å². The zero-order chi connectivity index (χ0) is 21.3. The Labute approximate surface area is 180 Å². The van der Waals surface area contributed by atoms with Gasteiger partial charge in [0.15, 0.2) is 5.60 Å². The maximum absolute atomic E-state index is 13.8. The van der Waals surface area contributed by atoms with Crippen molar-refractivity contribution < 1.29 is 23.0 Å². The van der Waals surface area contributed by atoms with Crippen molar-refractivity contribution in [1.29, 1.82) is 0 Å². The molecule has 3 rings (SSSR count). The van der Waals surface area contributed by atoms with Gasteiger partial charge in [0.05, 0.1) is 24.1 Å². The van der Waals surface area contributed by atoms with E-state index < -0.39 is 30.0 Å². The average Bonchev–Trinajstić information content (AvgIpc) is 3.10. The normalized spacial score (nSPS) is 15.1. The van der Waals surface area contributed by atoms with Crippen LogP contribution in [0.5, 0.6) is 5.75 Å². The van der Waals surface area contributed by atoms with Gasteiger partial charge in [-0.2, -0.15) is 13.2 Å². The minimum absolute atomic E-state index is 0. The maximum atomic E-state index is 13.8. The number of pyridine rings is 1. The summed E-state index contributed by atoms with van der Waals surface area (Å²) in [4.78, 5) is 3.82. The summed E-state index contributed by atoms with van der Waals surface area (Å²) < 4.78 is 47.2. The first-order valence-corrected chi connectivity index (χ1v) is 9.26. The molecule has 0 saturated heterocycles. The molecule has 30 heavy (non-hydrogen) atoms. The van der Waals surface area contributed by atoms with Crippen LogP contribution in [0.1, 0.15) is 43.4 Å². The standard InChI is InChI=1S/C22H23F3N2O2.ClH/c1-20(2,17-7-3-5-16-9-12-29-19(16)17)14-21(28,22(23,24)25)10-4-6-15-8-11-27-13-18(15)26;/h3,5,7-8,11,13,28H,9-10,12,14,26H2,1-2H3;1H. The van der Waals surface area contributed by atoms with Crippen LogP contribution in [0, 0.1) is 11.8 Å². The molecule has 0 bridgehead atoms. The minimum atomic E-state index is -4.85. The lowest BCUT2D eigenvalue weighted by Crippen LogP contribution is -2.49. The number of benzene rings is 1. The van der Waals surface area contributed by atoms with Gasteiger partial charge in [-0.3, -0.25) is 4.98 Å². The number of rotatable bonds is 4. The van der Waals surface area contributed by atoms with Crippen molar-refractivity contribution in [2.45, 2.75) is 50.3 Å². The van der Waals surface area contributed by atoms with E-state index in [0.717, 1.165) is 12.0 Å². The third-order valence-corrected chi connectivity index (χ3v) is 5.16. The molecule has 3 N–H and O–H groups in total. The van der Waals surface area contributed by atoms with E-state index in [1.165, 1.54) is 18.5 Å². The minimum Gasteiger partial charge on any atom is -0.493 e. The Bertz CT molecular complexity index is 967. The van der Waals surface area contributed by atoms with Crippen molar-refractivity contribution in [2.24, 2.45) is 0 Å². The Hall–Kier alpha value is -2.43. The van der Waals surface area contributed by atoms with Gasteiger partial charge in [-0.1, -0.05) is 43.9 Å². The molecule has 8 heteroatoms. The fraction of sp³-hybridized carbons (Fsp3) is 0.409. The molecule has 1 aliphatic heterocycles. The lowest BCUT2D eigenvalue weighted by atomic mass is 9.73. The van der Waals surface area contributed by atoms with Gasteiger partial charge in [-0.15, -0.1) is 12.4 Å². The molecule has 2 aromatic rings. The highest BCUT2D eigenvalue weighted by Crippen LogP contribution is 2.46. The summed E-state index contributed by atoms with van der Waals surface area (Å²) in [6.07, 6.45) is -2.61. The molecule has 0 radical (unpaired) electrons. The van der Waals surface area contributed by atoms with Crippen LogP contribution in [0.25, 0.3) is 0 Å². The summed E-state index contributed by atoms with van der Waals surface area (Å²) in [6, 6.07) is 6.99. The quantitative estimate of drug-likeness (QED) is 0.690. The van der Waals surface area contributed by atoms with Crippen LogP contribution in [0.3, 0.4) is 0 Å². The molecule has 0 fully saturated rings. The van der Waals surface area contributed by atoms with E-state index >= 15 is 0 Å². The number of nitrogens with zero attached hydrogens (tertiary/aromatic N) is 1. The molecule has 0 saturated carbocycles. The number of fused-ring (bicyclic) bond motifs is 1. The maximum Gasteiger partial charge on any atom is 0.418 e. The first kappa shape index (κ1) is 23.8. The molecule has 162 valence electrons. The van der Waals surface area contributed by atoms with Crippen LogP contribution in [0.2, 0.25) is 0 Å². The molecular weight excluding hydrogens is 417 g/mol. The lowest BCUT2D eigenvalue weighted by molar-refractivity contribution is -0.264. The van der Waals surface area contributed by atoms with Gasteiger partial charge >= 0.3 is 6.18 Å². The van der Waals surface area contributed by atoms with Gasteiger partial charge in [0.1, 0.15) is 5.75 Å². The second kappa shape index (κ2) is 8.75. The number of aliphatic hydroxyl groups is 1. The van der Waals surface area contributed by atoms with Crippen LogP contribution in [0.15, 0.2) is 36.7 Å². The summed E-state index contributed by atoms with van der Waals surface area (Å²) >= 11 is 0. The smallest absolute Gasteiger partial charge is 0.418 e. The third-order valence-electron chi connectivity index (χ3n) is 5.16. The number of ether oxygens (including phenoxy) is 1. The summed E-state index contributed by atoms with van der Waals surface area (Å²) in [7, 11) is 0. The van der Waals surface area contributed by atoms with Crippen LogP contribution < -0.4 is 10.5 Å². The first-order valence-electron chi connectivity index (χ1n) is 9.26. The largest absolute Gasteiger partial charge is 0.493 e. The van der Waals surface area contributed by atoms with Gasteiger partial charge in [-0.25, -0.2) is 0 Å². The molecule has 1 aromatic carbocycles. The van der Waals surface area contributed by atoms with Crippen LogP contribution in [-0.2, 0) is 11.8 Å². The van der Waals surface area contributed by atoms with Crippen molar-refractivity contribution in [3.63, 3.8) is 0 Å². The SMILES string of the molecule is CC(C)(CC(O)(CC#Cc1ccncc1N)C(F)(F)F)c1cccc2c1OCC2.Cl. The molecule has 0 amide bonds. The van der Waals surface area contributed by atoms with Gasteiger partial charge in [0.25, 0.3) is 0 Å². The van der Waals surface area contributed by atoms with Crippen molar-refractivity contribution >= 4 is 18.1 Å². The predicted octanol–water partition coefficient (Wildman–Crippen LogP) is 4.42. The van der Waals surface area contributed by atoms with Crippen LogP contribution in [-0.4, -0.2) is 28.5 Å². The number of anilines is 1. The number of halogens is 4. The van der Waals surface area contributed by atoms with Crippen molar-refractivity contribution in [2.75, 3.05) is 12.3 Å². The van der Waals surface area contributed by atoms with Crippen LogP contribution in [0.4, 0.5) is 18.9 Å². The number of nitrogens with two attached hydrogens (primary N) is 1. The molecule has 1 atom stereocenters. The number of hydrogen-bond acceptors (Lipinski definition) is 4. The molecular formula is C22H24ClF3N2O2. The van der Waals surface area contributed by atoms with Gasteiger partial charge in [-0.05, 0) is 23.5 Å². The number of alkyl halides is 3. The Morgan fingerprint density at radius 1 is 1.23 bits per heavy atom. The molecule has 1 unspecified atom stereocenters. The third kappa shape index (κ3) is 4.82. The van der Waals surface area contributed by atoms with E-state index in [4.69, 9.17) is 10.5 Å². The molecule has 4 nitrogen and oxygen atoms in total. The van der Waals surface area contributed by atoms with Crippen molar-refractivity contribution in [3.05, 3.63) is 53.3 Å². The highest BCUT2D eigenvalue weighted by molar-refractivity contribution is 5.85. The Morgan fingerprint density at radius 2 is 1.97 bits per heavy atom. The zero-order valence-electron chi connectivity index (χ0n) is 16.7. The Morgan fingerprint density at radius 3 is 2.63 bits per heavy atom. The molecule has 1 aromatic heterocycles. The van der Waals surface area contributed by atoms with E-state index in [9.17, 15) is 18.3 Å². The average molecular weight is 441 g/mol. The van der Waals surface area contributed by atoms with E-state index in [2.05, 4.69) is 16.8 Å². The molecule has 2 heterocycles. The fourth-order valence-corrected chi connectivity index (χ4v) is 3.64. The number of para-hydroxylation sites is 1. The van der Waals surface area contributed by atoms with Crippen molar-refractivity contribution in [3.8, 4) is 17.6 Å². The van der Waals surface area contributed by atoms with E-state index in [-0.39, 0.29) is 18.1 Å². The lowest BCUT2D eigenvalue weighted by Gasteiger charge is -2.37. The topological polar surface area (TPSA) is 68.4 Å². The van der Waals surface area contributed by atoms with E-state index in [1.54, 1.807) is 19.9 Å². The second-order valence-electron chi connectivity index (χ2n) is 7.92. The van der Waals surface area contributed by atoms with Crippen molar-refractivity contribution in [1.82, 2.24) is 4.98 Å². The fourth-order valence-electron chi connectivity index (χ4n) is 3.64. The summed E-state index contributed by atoms with van der Waals surface area (Å²) in [5.41, 5.74) is 4.02. The zero-order valence-corrected chi connectivity index (χ0v) is 17.5. The molecule has 0 spiro atoms. The van der Waals surface area contributed by atoms with E-state index in [0.29, 0.717) is 23.5 Å². The van der Waals surface area contributed by atoms with Crippen LogP contribution >= 0.6 is 12.4 Å². The second-order valence-corrected chi connectivity index (χ2v) is 7.92. The summed E-state index contributed by atoms with van der Waals surface area (Å²) in [6.45, 7) is 3.86. The van der Waals surface area contributed by atoms with Gasteiger partial charge in [0, 0.05) is 24.6 Å². The summed E-state index contributed by atoms with van der Waals surface area (Å²) in [5, 5.41) is 10.6. The number of hydrogen-bond donors (Lipinski definition) is 2. The van der Waals surface area contributed by atoms with Gasteiger partial charge in [0.2, 0.25) is 0 Å². The number of nitrogen functional groups attached to an aromatic ring is 1. The summed E-state index contributed by atoms with van der Waals surface area (Å²) in [5.74, 6) is 5.69. The monoisotopic (exact) mass is 440 g/mol. The molecule has 1 aliphatic rings. The predicted molar refractivity (Wildman–Crippen MR) is 112 cm³/mol. The highest BCUT2D eigenvalue weighted by Gasteiger charge is 2.55. The Kier molecular flexibility index (Phi) is 6.95. The first-order chi connectivity index (χ1) is 13.5. The van der Waals surface area contributed by atoms with Gasteiger partial charge < -0.3 is 15.6 Å². The number of aromatic nitrogens is 1. The molecule has 0 aliphatic carbocycles. The Balaban J connectivity index is 0.00000320.